The quantitative estimate of drug-likeness (QED) is 0.495. The molecule has 0 fully saturated rings. The Bertz CT molecular complexity index is 476. The minimum absolute atomic E-state index is 0.418. The van der Waals surface area contributed by atoms with Crippen molar-refractivity contribution in [2.75, 3.05) is 7.11 Å². The molecule has 0 aliphatic carbocycles. The van der Waals surface area contributed by atoms with Crippen molar-refractivity contribution in [1.29, 1.82) is 0 Å². The van der Waals surface area contributed by atoms with Gasteiger partial charge in [0.2, 0.25) is 0 Å². The van der Waals surface area contributed by atoms with Gasteiger partial charge in [0.25, 0.3) is 0 Å². The summed E-state index contributed by atoms with van der Waals surface area (Å²) in [5, 5.41) is 8.85. The first kappa shape index (κ1) is 19.9. The first-order valence-electron chi connectivity index (χ1n) is 7.00. The van der Waals surface area contributed by atoms with Gasteiger partial charge in [0.1, 0.15) is 0 Å². The van der Waals surface area contributed by atoms with Crippen molar-refractivity contribution in [3.63, 3.8) is 0 Å². The number of carboxylic acid groups (broad SMARTS) is 1. The van der Waals surface area contributed by atoms with Crippen molar-refractivity contribution in [3.05, 3.63) is 48.0 Å². The van der Waals surface area contributed by atoms with E-state index in [0.717, 1.165) is 18.1 Å². The molecule has 0 saturated carbocycles. The van der Waals surface area contributed by atoms with Gasteiger partial charge in [-0.2, -0.15) is 4.89 Å². The fourth-order valence-electron chi connectivity index (χ4n) is 1.67. The zero-order valence-corrected chi connectivity index (χ0v) is 13.5. The van der Waals surface area contributed by atoms with Crippen molar-refractivity contribution >= 4 is 11.9 Å². The molecule has 0 spiro atoms. The second-order valence-electron chi connectivity index (χ2n) is 5.17. The van der Waals surface area contributed by atoms with E-state index in [4.69, 9.17) is 5.11 Å². The molecule has 0 aromatic heterocycles. The average molecular weight is 308 g/mol. The van der Waals surface area contributed by atoms with Gasteiger partial charge in [-0.15, -0.1) is 0 Å². The Labute approximate surface area is 131 Å². The second-order valence-corrected chi connectivity index (χ2v) is 5.17. The Morgan fingerprint density at radius 2 is 1.77 bits per heavy atom. The van der Waals surface area contributed by atoms with Gasteiger partial charge < -0.3 is 5.11 Å². The maximum atomic E-state index is 10.8. The molecule has 1 unspecified atom stereocenters. The summed E-state index contributed by atoms with van der Waals surface area (Å²) in [7, 11) is 1.25. The number of carboxylic acids is 1. The van der Waals surface area contributed by atoms with Crippen LogP contribution >= 0.6 is 0 Å². The number of carbonyl (C=O) groups excluding carboxylic acids is 1. The SMILES string of the molecule is C=CC(=O)OOC.CC(C)Cc1ccc(C(C)C(=O)O)cc1. The Balaban J connectivity index is 0.000000534. The van der Waals surface area contributed by atoms with Crippen LogP contribution in [0.3, 0.4) is 0 Å². The minimum Gasteiger partial charge on any atom is -0.481 e. The Morgan fingerprint density at radius 3 is 2.09 bits per heavy atom. The monoisotopic (exact) mass is 308 g/mol. The molecule has 0 saturated heterocycles. The molecule has 122 valence electrons. The molecule has 0 bridgehead atoms. The van der Waals surface area contributed by atoms with E-state index < -0.39 is 17.9 Å². The first-order valence-corrected chi connectivity index (χ1v) is 7.00. The van der Waals surface area contributed by atoms with Gasteiger partial charge in [-0.25, -0.2) is 4.79 Å². The van der Waals surface area contributed by atoms with Crippen molar-refractivity contribution in [1.82, 2.24) is 0 Å². The smallest absolute Gasteiger partial charge is 0.365 e. The number of hydrogen-bond donors (Lipinski definition) is 1. The van der Waals surface area contributed by atoms with Gasteiger partial charge in [0.15, 0.2) is 0 Å². The Kier molecular flexibility index (Phi) is 9.54. The number of aliphatic carboxylic acids is 1. The van der Waals surface area contributed by atoms with Crippen LogP contribution in [0.1, 0.15) is 37.8 Å². The van der Waals surface area contributed by atoms with Crippen LogP contribution in [0.4, 0.5) is 0 Å². The topological polar surface area (TPSA) is 72.8 Å². The average Bonchev–Trinajstić information content (AvgIpc) is 2.47. The minimum atomic E-state index is -0.772. The van der Waals surface area contributed by atoms with Gasteiger partial charge in [0, 0.05) is 6.08 Å². The third kappa shape index (κ3) is 8.21. The molecule has 5 nitrogen and oxygen atoms in total. The van der Waals surface area contributed by atoms with E-state index in [-0.39, 0.29) is 0 Å². The van der Waals surface area contributed by atoms with Gasteiger partial charge in [-0.3, -0.25) is 9.68 Å². The van der Waals surface area contributed by atoms with Crippen LogP contribution in [-0.4, -0.2) is 24.2 Å². The highest BCUT2D eigenvalue weighted by Crippen LogP contribution is 2.17. The summed E-state index contributed by atoms with van der Waals surface area (Å²) in [4.78, 5) is 28.6. The predicted molar refractivity (Wildman–Crippen MR) is 84.3 cm³/mol. The lowest BCUT2D eigenvalue weighted by molar-refractivity contribution is -0.249. The number of hydrogen-bond acceptors (Lipinski definition) is 4. The number of carbonyl (C=O) groups is 2. The van der Waals surface area contributed by atoms with Crippen LogP contribution in [0.2, 0.25) is 0 Å². The highest BCUT2D eigenvalue weighted by molar-refractivity contribution is 5.80. The maximum absolute atomic E-state index is 10.8. The molecule has 1 aromatic rings. The van der Waals surface area contributed by atoms with E-state index in [9.17, 15) is 9.59 Å². The van der Waals surface area contributed by atoms with E-state index >= 15 is 0 Å². The molecule has 1 aromatic carbocycles. The standard InChI is InChI=1S/C13H18O2.C4H6O3/c1-9(2)8-11-4-6-12(7-5-11)10(3)13(14)15;1-3-4(5)7-6-2/h4-7,9-10H,8H2,1-3H3,(H,14,15);3H,1H2,2H3. The molecule has 0 radical (unpaired) electrons. The molecule has 0 amide bonds. The summed E-state index contributed by atoms with van der Waals surface area (Å²) in [5.74, 6) is -1.14. The Morgan fingerprint density at radius 1 is 1.23 bits per heavy atom. The first-order chi connectivity index (χ1) is 10.3. The summed E-state index contributed by atoms with van der Waals surface area (Å²) in [5.41, 5.74) is 2.14. The lowest BCUT2D eigenvalue weighted by atomic mass is 9.97. The molecule has 0 aliphatic heterocycles. The van der Waals surface area contributed by atoms with E-state index in [1.165, 1.54) is 12.7 Å². The summed E-state index contributed by atoms with van der Waals surface area (Å²) in [6.07, 6.45) is 2.06. The second kappa shape index (κ2) is 10.6. The lowest BCUT2D eigenvalue weighted by Gasteiger charge is -2.09. The van der Waals surface area contributed by atoms with Gasteiger partial charge >= 0.3 is 11.9 Å². The van der Waals surface area contributed by atoms with Gasteiger partial charge in [-0.1, -0.05) is 44.7 Å². The zero-order valence-electron chi connectivity index (χ0n) is 13.5. The molecule has 0 heterocycles. The van der Waals surface area contributed by atoms with Crippen molar-refractivity contribution in [2.45, 2.75) is 33.1 Å². The van der Waals surface area contributed by atoms with Crippen molar-refractivity contribution in [2.24, 2.45) is 5.92 Å². The zero-order chi connectivity index (χ0) is 17.1. The van der Waals surface area contributed by atoms with Crippen LogP contribution in [0.25, 0.3) is 0 Å². The van der Waals surface area contributed by atoms with Crippen LogP contribution in [0.15, 0.2) is 36.9 Å². The normalized spacial score (nSPS) is 11.1. The lowest BCUT2D eigenvalue weighted by Crippen LogP contribution is -2.07. The van der Waals surface area contributed by atoms with E-state index in [0.29, 0.717) is 5.92 Å². The highest BCUT2D eigenvalue weighted by atomic mass is 17.2. The van der Waals surface area contributed by atoms with Crippen LogP contribution in [0.5, 0.6) is 0 Å². The van der Waals surface area contributed by atoms with Crippen molar-refractivity contribution in [3.8, 4) is 0 Å². The van der Waals surface area contributed by atoms with Crippen molar-refractivity contribution < 1.29 is 24.5 Å². The summed E-state index contributed by atoms with van der Waals surface area (Å²) >= 11 is 0. The summed E-state index contributed by atoms with van der Waals surface area (Å²) in [6.45, 7) is 9.18. The van der Waals surface area contributed by atoms with E-state index in [1.54, 1.807) is 6.92 Å². The summed E-state index contributed by atoms with van der Waals surface area (Å²) in [6, 6.07) is 7.87. The number of rotatable bonds is 6. The van der Waals surface area contributed by atoms with Gasteiger partial charge in [-0.05, 0) is 30.4 Å². The number of benzene rings is 1. The predicted octanol–water partition coefficient (Wildman–Crippen LogP) is 3.35. The fraction of sp³-hybridized carbons (Fsp3) is 0.412. The molecule has 1 atom stereocenters. The molecular formula is C17H24O5. The Hall–Kier alpha value is -2.14. The van der Waals surface area contributed by atoms with Crippen LogP contribution < -0.4 is 0 Å². The van der Waals surface area contributed by atoms with E-state index in [1.807, 2.05) is 24.3 Å². The largest absolute Gasteiger partial charge is 0.481 e. The fourth-order valence-corrected chi connectivity index (χ4v) is 1.67. The van der Waals surface area contributed by atoms with Crippen LogP contribution in [-0.2, 0) is 25.8 Å². The molecule has 22 heavy (non-hydrogen) atoms. The third-order valence-electron chi connectivity index (χ3n) is 2.83. The molecule has 5 heteroatoms. The molecule has 0 aliphatic rings. The maximum Gasteiger partial charge on any atom is 0.365 e. The third-order valence-corrected chi connectivity index (χ3v) is 2.83. The van der Waals surface area contributed by atoms with E-state index in [2.05, 4.69) is 30.2 Å². The van der Waals surface area contributed by atoms with Gasteiger partial charge in [0.05, 0.1) is 13.0 Å². The molecule has 1 rings (SSSR count). The van der Waals surface area contributed by atoms with Crippen LogP contribution in [0, 0.1) is 5.92 Å². The highest BCUT2D eigenvalue weighted by Gasteiger charge is 2.12. The molecule has 1 N–H and O–H groups in total. The summed E-state index contributed by atoms with van der Waals surface area (Å²) < 4.78 is 0. The molecular weight excluding hydrogens is 284 g/mol.